The molecule has 0 bridgehead atoms. The third-order valence-electron chi connectivity index (χ3n) is 3.51. The second kappa shape index (κ2) is 5.56. The highest BCUT2D eigenvalue weighted by Gasteiger charge is 2.72. The maximum atomic E-state index is 12.9. The fourth-order valence-corrected chi connectivity index (χ4v) is 1.99. The van der Waals surface area contributed by atoms with Gasteiger partial charge in [0.15, 0.2) is 5.60 Å². The normalized spacial score (nSPS) is 16.6. The van der Waals surface area contributed by atoms with Gasteiger partial charge in [-0.15, -0.1) is 0 Å². The molecule has 6 N–H and O–H groups in total. The Morgan fingerprint density at radius 2 is 1.04 bits per heavy atom. The van der Waals surface area contributed by atoms with E-state index in [0.29, 0.717) is 0 Å². The fourth-order valence-electron chi connectivity index (χ4n) is 1.99. The molecular weight excluding hydrogens is 375 g/mol. The predicted octanol–water partition coefficient (Wildman–Crippen LogP) is 2.93. The van der Waals surface area contributed by atoms with Gasteiger partial charge in [0.1, 0.15) is 0 Å². The molecule has 0 amide bonds. The number of nitrogens with two attached hydrogens (primary N) is 2. The van der Waals surface area contributed by atoms with Gasteiger partial charge in [-0.3, -0.25) is 0 Å². The zero-order valence-electron chi connectivity index (χ0n) is 12.1. The molecule has 0 aromatic heterocycles. The van der Waals surface area contributed by atoms with Gasteiger partial charge in [-0.25, -0.2) is 0 Å². The van der Waals surface area contributed by atoms with Crippen molar-refractivity contribution in [3.05, 3.63) is 23.3 Å². The summed E-state index contributed by atoms with van der Waals surface area (Å²) in [6.07, 6.45) is -18.3. The minimum atomic E-state index is -6.38. The van der Waals surface area contributed by atoms with E-state index in [9.17, 15) is 49.7 Å². The highest BCUT2D eigenvalue weighted by Crippen LogP contribution is 2.53. The molecule has 1 unspecified atom stereocenters. The summed E-state index contributed by atoms with van der Waals surface area (Å²) in [5.41, 5.74) is -5.36. The average molecular weight is 386 g/mol. The van der Waals surface area contributed by atoms with E-state index in [4.69, 9.17) is 11.5 Å². The van der Waals surface area contributed by atoms with E-state index in [-0.39, 0.29) is 19.1 Å². The SMILES string of the molecule is CC(O)(c1cc(C(O)(C(F)(F)F)C(F)(F)F)c(N)cc1N)C(F)(F)F. The second-order valence-corrected chi connectivity index (χ2v) is 5.30. The van der Waals surface area contributed by atoms with E-state index in [1.807, 2.05) is 0 Å². The molecule has 25 heavy (non-hydrogen) atoms. The quantitative estimate of drug-likeness (QED) is 0.465. The monoisotopic (exact) mass is 386 g/mol. The summed E-state index contributed by atoms with van der Waals surface area (Å²) in [5, 5.41) is 18.8. The van der Waals surface area contributed by atoms with Crippen LogP contribution in [-0.2, 0) is 11.2 Å². The third-order valence-corrected chi connectivity index (χ3v) is 3.51. The summed E-state index contributed by atoms with van der Waals surface area (Å²) >= 11 is 0. The van der Waals surface area contributed by atoms with Crippen LogP contribution < -0.4 is 11.5 Å². The van der Waals surface area contributed by atoms with Crippen molar-refractivity contribution in [3.8, 4) is 0 Å². The number of halogens is 9. The van der Waals surface area contributed by atoms with E-state index >= 15 is 0 Å². The molecule has 144 valence electrons. The van der Waals surface area contributed by atoms with Crippen molar-refractivity contribution in [1.82, 2.24) is 0 Å². The molecule has 0 spiro atoms. The molecule has 0 saturated heterocycles. The van der Waals surface area contributed by atoms with Gasteiger partial charge in [0.25, 0.3) is 5.60 Å². The zero-order chi connectivity index (χ0) is 20.2. The van der Waals surface area contributed by atoms with Crippen LogP contribution in [0.4, 0.5) is 50.9 Å². The lowest BCUT2D eigenvalue weighted by atomic mass is 9.84. The Morgan fingerprint density at radius 3 is 1.36 bits per heavy atom. The highest BCUT2D eigenvalue weighted by molar-refractivity contribution is 5.65. The Labute approximate surface area is 133 Å². The second-order valence-electron chi connectivity index (χ2n) is 5.30. The lowest BCUT2D eigenvalue weighted by Gasteiger charge is -2.35. The van der Waals surface area contributed by atoms with Crippen molar-refractivity contribution < 1.29 is 49.7 Å². The summed E-state index contributed by atoms with van der Waals surface area (Å²) in [6.45, 7) is 0.0683. The van der Waals surface area contributed by atoms with Crippen molar-refractivity contribution in [3.63, 3.8) is 0 Å². The lowest BCUT2D eigenvalue weighted by Crippen LogP contribution is -2.54. The average Bonchev–Trinajstić information content (AvgIpc) is 2.33. The Bertz CT molecular complexity index is 648. The number of hydrogen-bond acceptors (Lipinski definition) is 4. The van der Waals surface area contributed by atoms with Crippen molar-refractivity contribution in [2.45, 2.75) is 36.7 Å². The topological polar surface area (TPSA) is 92.5 Å². The van der Waals surface area contributed by atoms with Gasteiger partial charge in [0.05, 0.1) is 0 Å². The first-order valence-corrected chi connectivity index (χ1v) is 6.13. The Hall–Kier alpha value is -1.89. The number of alkyl halides is 9. The van der Waals surface area contributed by atoms with Crippen molar-refractivity contribution in [2.75, 3.05) is 11.5 Å². The van der Waals surface area contributed by atoms with Gasteiger partial charge >= 0.3 is 18.5 Å². The van der Waals surface area contributed by atoms with Crippen LogP contribution >= 0.6 is 0 Å². The summed E-state index contributed by atoms with van der Waals surface area (Å²) in [5.74, 6) is 0. The molecule has 13 heteroatoms. The smallest absolute Gasteiger partial charge is 0.398 e. The molecule has 4 nitrogen and oxygen atoms in total. The molecule has 1 aromatic rings. The van der Waals surface area contributed by atoms with Crippen LogP contribution in [0.25, 0.3) is 0 Å². The third kappa shape index (κ3) is 3.17. The minimum absolute atomic E-state index is 0.0683. The van der Waals surface area contributed by atoms with E-state index in [1.165, 1.54) is 0 Å². The molecule has 1 atom stereocenters. The number of benzene rings is 1. The predicted molar refractivity (Wildman–Crippen MR) is 66.9 cm³/mol. The Kier molecular flexibility index (Phi) is 4.70. The van der Waals surface area contributed by atoms with Crippen LogP contribution in [0.3, 0.4) is 0 Å². The van der Waals surface area contributed by atoms with Gasteiger partial charge in [0, 0.05) is 22.5 Å². The van der Waals surface area contributed by atoms with Gasteiger partial charge < -0.3 is 21.7 Å². The van der Waals surface area contributed by atoms with E-state index in [1.54, 1.807) is 0 Å². The number of nitrogen functional groups attached to an aromatic ring is 2. The first-order valence-electron chi connectivity index (χ1n) is 6.13. The zero-order valence-corrected chi connectivity index (χ0v) is 12.1. The van der Waals surface area contributed by atoms with Crippen LogP contribution in [0.2, 0.25) is 0 Å². The van der Waals surface area contributed by atoms with Gasteiger partial charge in [-0.1, -0.05) is 0 Å². The molecule has 0 radical (unpaired) electrons. The number of anilines is 2. The minimum Gasteiger partial charge on any atom is -0.398 e. The molecule has 1 aromatic carbocycles. The molecule has 0 heterocycles. The molecule has 1 rings (SSSR count). The van der Waals surface area contributed by atoms with Gasteiger partial charge in [-0.2, -0.15) is 39.5 Å². The van der Waals surface area contributed by atoms with Crippen LogP contribution in [0.15, 0.2) is 12.1 Å². The Morgan fingerprint density at radius 1 is 0.680 bits per heavy atom. The summed E-state index contributed by atoms with van der Waals surface area (Å²) in [7, 11) is 0. The van der Waals surface area contributed by atoms with E-state index in [0.717, 1.165) is 0 Å². The maximum Gasteiger partial charge on any atom is 0.430 e. The number of aliphatic hydroxyl groups is 2. The Balaban J connectivity index is 3.88. The number of rotatable bonds is 2. The summed E-state index contributed by atoms with van der Waals surface area (Å²) < 4.78 is 116. The van der Waals surface area contributed by atoms with Crippen molar-refractivity contribution >= 4 is 11.4 Å². The molecule has 0 fully saturated rings. The maximum absolute atomic E-state index is 12.9. The van der Waals surface area contributed by atoms with Crippen molar-refractivity contribution in [1.29, 1.82) is 0 Å². The summed E-state index contributed by atoms with van der Waals surface area (Å²) in [6, 6.07) is -0.202. The molecular formula is C12H11F9N2O2. The number of hydrogen-bond donors (Lipinski definition) is 4. The molecule has 0 aliphatic heterocycles. The molecule has 0 aliphatic carbocycles. The van der Waals surface area contributed by atoms with Crippen LogP contribution in [0.1, 0.15) is 18.1 Å². The highest BCUT2D eigenvalue weighted by atomic mass is 19.4. The van der Waals surface area contributed by atoms with Crippen molar-refractivity contribution in [2.24, 2.45) is 0 Å². The standard InChI is InChI=1S/C12H11F9N2O2/c1-8(24,10(13,14)15)4-2-5(7(23)3-6(4)22)9(25,11(16,17)18)12(19,20)21/h2-3,24-25H,22-23H2,1H3. The van der Waals surface area contributed by atoms with Gasteiger partial charge in [0.2, 0.25) is 0 Å². The first kappa shape index (κ1) is 21.2. The summed E-state index contributed by atoms with van der Waals surface area (Å²) in [4.78, 5) is 0. The van der Waals surface area contributed by atoms with E-state index < -0.39 is 52.2 Å². The lowest BCUT2D eigenvalue weighted by molar-refractivity contribution is -0.376. The van der Waals surface area contributed by atoms with Gasteiger partial charge in [-0.05, 0) is 19.1 Å². The van der Waals surface area contributed by atoms with E-state index in [2.05, 4.69) is 0 Å². The largest absolute Gasteiger partial charge is 0.430 e. The van der Waals surface area contributed by atoms with Crippen LogP contribution in [-0.4, -0.2) is 28.7 Å². The first-order chi connectivity index (χ1) is 10.8. The van der Waals surface area contributed by atoms with Crippen LogP contribution in [0, 0.1) is 0 Å². The molecule has 0 aliphatic rings. The fraction of sp³-hybridized carbons (Fsp3) is 0.500. The molecule has 0 saturated carbocycles. The van der Waals surface area contributed by atoms with Crippen LogP contribution in [0.5, 0.6) is 0 Å².